The molecule has 3 N–H and O–H groups in total. The van der Waals surface area contributed by atoms with Crippen molar-refractivity contribution in [3.8, 4) is 11.5 Å². The molecule has 0 spiro atoms. The van der Waals surface area contributed by atoms with Gasteiger partial charge < -0.3 is 20.1 Å². The maximum absolute atomic E-state index is 13.6. The highest BCUT2D eigenvalue weighted by Crippen LogP contribution is 2.33. The highest BCUT2D eigenvalue weighted by Gasteiger charge is 2.16. The number of hydrogen-bond donors (Lipinski definition) is 3. The molecule has 3 aromatic carbocycles. The fourth-order valence-corrected chi connectivity index (χ4v) is 4.07. The Kier molecular flexibility index (Phi) is 9.55. The van der Waals surface area contributed by atoms with E-state index in [9.17, 15) is 18.8 Å². The van der Waals surface area contributed by atoms with Crippen molar-refractivity contribution < 1.29 is 28.2 Å². The summed E-state index contributed by atoms with van der Waals surface area (Å²) in [6, 6.07) is 14.5. The van der Waals surface area contributed by atoms with Crippen LogP contribution < -0.4 is 25.5 Å². The number of hydrazone groups is 1. The minimum absolute atomic E-state index is 0.121. The second-order valence-corrected chi connectivity index (χ2v) is 9.04. The van der Waals surface area contributed by atoms with E-state index in [-0.39, 0.29) is 18.2 Å². The smallest absolute Gasteiger partial charge is 0.329 e. The summed E-state index contributed by atoms with van der Waals surface area (Å²) in [5.74, 6) is -2.43. The molecule has 0 unspecified atom stereocenters. The van der Waals surface area contributed by atoms with Crippen LogP contribution in [0.2, 0.25) is 0 Å². The monoisotopic (exact) mass is 618 g/mol. The molecule has 0 atom stereocenters. The second kappa shape index (κ2) is 12.8. The summed E-state index contributed by atoms with van der Waals surface area (Å²) in [4.78, 5) is 36.3. The molecule has 3 rings (SSSR count). The van der Waals surface area contributed by atoms with Crippen LogP contribution in [0.4, 0.5) is 15.8 Å². The summed E-state index contributed by atoms with van der Waals surface area (Å²) in [5, 5.41) is 8.74. The summed E-state index contributed by atoms with van der Waals surface area (Å²) < 4.78 is 25.3. The lowest BCUT2D eigenvalue weighted by Crippen LogP contribution is -2.32. The van der Waals surface area contributed by atoms with Crippen molar-refractivity contribution in [1.82, 2.24) is 5.43 Å². The summed E-state index contributed by atoms with van der Waals surface area (Å²) in [6.07, 6.45) is 1.30. The average molecular weight is 618 g/mol. The number of methoxy groups -OCH3 is 1. The number of carbonyl (C=O) groups excluding carboxylic acids is 3. The molecule has 3 aromatic rings. The van der Waals surface area contributed by atoms with E-state index in [1.165, 1.54) is 31.5 Å². The molecule has 0 aliphatic carbocycles. The molecule has 0 saturated heterocycles. The standard InChI is InChI=1S/C26H24FIN4O5/c1-15-8-16(2)10-18(9-15)30-23(33)14-37-24-20(28)11-17(12-22(24)36-3)13-29-32-26(35)25(34)31-21-7-5-4-6-19(21)27/h4-13H,14H2,1-3H3,(H,30,33)(H,31,34)(H,32,35)/b29-13-. The topological polar surface area (TPSA) is 118 Å². The van der Waals surface area contributed by atoms with E-state index in [0.717, 1.165) is 17.2 Å². The Labute approximate surface area is 226 Å². The summed E-state index contributed by atoms with van der Waals surface area (Å²) in [7, 11) is 1.45. The van der Waals surface area contributed by atoms with Crippen LogP contribution in [-0.2, 0) is 14.4 Å². The van der Waals surface area contributed by atoms with Gasteiger partial charge in [0.2, 0.25) is 0 Å². The number of halogens is 2. The summed E-state index contributed by atoms with van der Waals surface area (Å²) in [5.41, 5.74) is 5.24. The van der Waals surface area contributed by atoms with Gasteiger partial charge in [-0.25, -0.2) is 9.82 Å². The SMILES string of the molecule is COc1cc(/C=N\NC(=O)C(=O)Nc2ccccc2F)cc(I)c1OCC(=O)Nc1cc(C)cc(C)c1. The molecule has 0 heterocycles. The van der Waals surface area contributed by atoms with Gasteiger partial charge in [-0.05, 0) is 89.5 Å². The number of hydrogen-bond acceptors (Lipinski definition) is 6. The molecule has 0 bridgehead atoms. The van der Waals surface area contributed by atoms with Crippen LogP contribution >= 0.6 is 22.6 Å². The second-order valence-electron chi connectivity index (χ2n) is 7.88. The molecular formula is C26H24FIN4O5. The first-order chi connectivity index (χ1) is 17.7. The highest BCUT2D eigenvalue weighted by molar-refractivity contribution is 14.1. The van der Waals surface area contributed by atoms with E-state index in [4.69, 9.17) is 9.47 Å². The quantitative estimate of drug-likeness (QED) is 0.152. The first-order valence-corrected chi connectivity index (χ1v) is 12.0. The number of amides is 3. The van der Waals surface area contributed by atoms with Gasteiger partial charge in [-0.2, -0.15) is 5.10 Å². The molecular weight excluding hydrogens is 594 g/mol. The average Bonchev–Trinajstić information content (AvgIpc) is 2.83. The van der Waals surface area contributed by atoms with Crippen molar-refractivity contribution in [2.45, 2.75) is 13.8 Å². The Balaban J connectivity index is 1.59. The van der Waals surface area contributed by atoms with Crippen LogP contribution in [-0.4, -0.2) is 37.7 Å². The fraction of sp³-hybridized carbons (Fsp3) is 0.154. The zero-order valence-corrected chi connectivity index (χ0v) is 22.4. The van der Waals surface area contributed by atoms with Gasteiger partial charge in [0.05, 0.1) is 22.6 Å². The van der Waals surface area contributed by atoms with Crippen LogP contribution in [0.25, 0.3) is 0 Å². The Morgan fingerprint density at radius 1 is 1.00 bits per heavy atom. The lowest BCUT2D eigenvalue weighted by atomic mass is 10.1. The van der Waals surface area contributed by atoms with E-state index in [2.05, 4.69) is 21.2 Å². The first kappa shape index (κ1) is 27.6. The largest absolute Gasteiger partial charge is 0.493 e. The first-order valence-electron chi connectivity index (χ1n) is 10.9. The lowest BCUT2D eigenvalue weighted by Gasteiger charge is -2.14. The third-order valence-corrected chi connectivity index (χ3v) is 5.61. The maximum Gasteiger partial charge on any atom is 0.329 e. The Morgan fingerprint density at radius 2 is 1.70 bits per heavy atom. The van der Waals surface area contributed by atoms with E-state index in [1.54, 1.807) is 12.1 Å². The van der Waals surface area contributed by atoms with Crippen LogP contribution in [0.3, 0.4) is 0 Å². The highest BCUT2D eigenvalue weighted by atomic mass is 127. The third kappa shape index (κ3) is 8.00. The number of rotatable bonds is 8. The van der Waals surface area contributed by atoms with Gasteiger partial charge in [-0.3, -0.25) is 14.4 Å². The van der Waals surface area contributed by atoms with Crippen molar-refractivity contribution in [1.29, 1.82) is 0 Å². The van der Waals surface area contributed by atoms with Crippen molar-refractivity contribution in [3.05, 3.63) is 80.7 Å². The van der Waals surface area contributed by atoms with Crippen molar-refractivity contribution >= 4 is 57.9 Å². The van der Waals surface area contributed by atoms with Crippen molar-refractivity contribution in [2.24, 2.45) is 5.10 Å². The van der Waals surface area contributed by atoms with Crippen LogP contribution in [0.1, 0.15) is 16.7 Å². The number of aryl methyl sites for hydroxylation is 2. The van der Waals surface area contributed by atoms with Gasteiger partial charge >= 0.3 is 11.8 Å². The van der Waals surface area contributed by atoms with Gasteiger partial charge in [0.15, 0.2) is 18.1 Å². The fourth-order valence-electron chi connectivity index (χ4n) is 3.29. The summed E-state index contributed by atoms with van der Waals surface area (Å²) in [6.45, 7) is 3.66. The number of nitrogens with one attached hydrogen (secondary N) is 3. The van der Waals surface area contributed by atoms with E-state index in [1.807, 2.05) is 54.6 Å². The molecule has 3 amide bonds. The molecule has 0 aliphatic heterocycles. The molecule has 0 saturated carbocycles. The Morgan fingerprint density at radius 3 is 2.38 bits per heavy atom. The molecule has 192 valence electrons. The number of ether oxygens (including phenoxy) is 2. The Hall–Kier alpha value is -4.00. The van der Waals surface area contributed by atoms with Crippen LogP contribution in [0, 0.1) is 23.2 Å². The normalized spacial score (nSPS) is 10.6. The zero-order valence-electron chi connectivity index (χ0n) is 20.2. The minimum atomic E-state index is -1.07. The predicted octanol–water partition coefficient (Wildman–Crippen LogP) is 4.16. The van der Waals surface area contributed by atoms with Crippen LogP contribution in [0.5, 0.6) is 11.5 Å². The molecule has 0 radical (unpaired) electrons. The number of benzene rings is 3. The van der Waals surface area contributed by atoms with Crippen LogP contribution in [0.15, 0.2) is 59.7 Å². The predicted molar refractivity (Wildman–Crippen MR) is 147 cm³/mol. The maximum atomic E-state index is 13.6. The number of nitrogens with zero attached hydrogens (tertiary/aromatic N) is 1. The third-order valence-electron chi connectivity index (χ3n) is 4.81. The van der Waals surface area contributed by atoms with Crippen molar-refractivity contribution in [2.75, 3.05) is 24.4 Å². The number of anilines is 2. The minimum Gasteiger partial charge on any atom is -0.493 e. The van der Waals surface area contributed by atoms with E-state index >= 15 is 0 Å². The Bertz CT molecular complexity index is 1340. The van der Waals surface area contributed by atoms with Gasteiger partial charge in [-0.15, -0.1) is 0 Å². The summed E-state index contributed by atoms with van der Waals surface area (Å²) >= 11 is 2.02. The van der Waals surface area contributed by atoms with E-state index in [0.29, 0.717) is 26.3 Å². The number of para-hydroxylation sites is 1. The van der Waals surface area contributed by atoms with Gasteiger partial charge in [0, 0.05) is 5.69 Å². The zero-order chi connectivity index (χ0) is 26.9. The molecule has 0 aliphatic rings. The van der Waals surface area contributed by atoms with Gasteiger partial charge in [0.1, 0.15) is 5.82 Å². The van der Waals surface area contributed by atoms with Gasteiger partial charge in [-0.1, -0.05) is 18.2 Å². The molecule has 0 aromatic heterocycles. The van der Waals surface area contributed by atoms with Gasteiger partial charge in [0.25, 0.3) is 5.91 Å². The molecule has 37 heavy (non-hydrogen) atoms. The lowest BCUT2D eigenvalue weighted by molar-refractivity contribution is -0.136. The molecule has 9 nitrogen and oxygen atoms in total. The number of carbonyl (C=O) groups is 3. The van der Waals surface area contributed by atoms with Crippen molar-refractivity contribution in [3.63, 3.8) is 0 Å². The van der Waals surface area contributed by atoms with E-state index < -0.39 is 17.6 Å². The molecule has 11 heteroatoms. The molecule has 0 fully saturated rings.